The molecule has 0 bridgehead atoms. The average Bonchev–Trinajstić information content (AvgIpc) is 3.37. The molecular weight excluding hydrogens is 308 g/mol. The lowest BCUT2D eigenvalue weighted by molar-refractivity contribution is 0.263. The fraction of sp³-hybridized carbons (Fsp3) is 0.316. The van der Waals surface area contributed by atoms with E-state index < -0.39 is 0 Å². The van der Waals surface area contributed by atoms with Gasteiger partial charge in [0.2, 0.25) is 0 Å². The molecule has 2 heterocycles. The van der Waals surface area contributed by atoms with Gasteiger partial charge in [-0.15, -0.1) is 11.3 Å². The van der Waals surface area contributed by atoms with E-state index in [4.69, 9.17) is 9.47 Å². The molecule has 1 fully saturated rings. The molecule has 1 aliphatic heterocycles. The Hall–Kier alpha value is -1.91. The maximum Gasteiger partial charge on any atom is 0.196 e. The second-order valence-electron chi connectivity index (χ2n) is 6.24. The molecular formula is C19H18O3S. The molecule has 0 aliphatic carbocycles. The van der Waals surface area contributed by atoms with Gasteiger partial charge in [0.05, 0.1) is 6.61 Å². The molecule has 118 valence electrons. The zero-order chi connectivity index (χ0) is 16.0. The monoisotopic (exact) mass is 326 g/mol. The summed E-state index contributed by atoms with van der Waals surface area (Å²) in [6.45, 7) is 5.61. The van der Waals surface area contributed by atoms with E-state index in [1.807, 2.05) is 30.3 Å². The lowest BCUT2D eigenvalue weighted by atomic mass is 10.0. The largest absolute Gasteiger partial charge is 0.491 e. The molecule has 1 saturated heterocycles. The van der Waals surface area contributed by atoms with Crippen molar-refractivity contribution in [3.63, 3.8) is 0 Å². The summed E-state index contributed by atoms with van der Waals surface area (Å²) in [5.74, 6) is 1.09. The first kappa shape index (κ1) is 14.7. The molecule has 4 heteroatoms. The first-order valence-electron chi connectivity index (χ1n) is 7.87. The van der Waals surface area contributed by atoms with Gasteiger partial charge in [-0.05, 0) is 35.7 Å². The quantitative estimate of drug-likeness (QED) is 0.529. The van der Waals surface area contributed by atoms with Crippen LogP contribution in [0.5, 0.6) is 5.75 Å². The summed E-state index contributed by atoms with van der Waals surface area (Å²) in [6, 6.07) is 11.8. The van der Waals surface area contributed by atoms with Crippen LogP contribution in [0.4, 0.5) is 0 Å². The highest BCUT2D eigenvalue weighted by atomic mass is 32.1. The van der Waals surface area contributed by atoms with Crippen molar-refractivity contribution >= 4 is 31.5 Å². The minimum Gasteiger partial charge on any atom is -0.491 e. The van der Waals surface area contributed by atoms with Crippen LogP contribution in [0, 0.1) is 0 Å². The Bertz CT molecular complexity index is 938. The van der Waals surface area contributed by atoms with Crippen molar-refractivity contribution in [2.75, 3.05) is 13.2 Å². The molecule has 23 heavy (non-hydrogen) atoms. The summed E-state index contributed by atoms with van der Waals surface area (Å²) < 4.78 is 13.1. The first-order chi connectivity index (χ1) is 11.1. The van der Waals surface area contributed by atoms with Crippen molar-refractivity contribution in [3.8, 4) is 5.75 Å². The van der Waals surface area contributed by atoms with E-state index >= 15 is 0 Å². The van der Waals surface area contributed by atoms with E-state index in [9.17, 15) is 4.79 Å². The van der Waals surface area contributed by atoms with Crippen LogP contribution >= 0.6 is 11.3 Å². The molecule has 0 N–H and O–H groups in total. The fourth-order valence-electron chi connectivity index (χ4n) is 2.77. The molecule has 4 rings (SSSR count). The van der Waals surface area contributed by atoms with Gasteiger partial charge in [0.25, 0.3) is 0 Å². The second kappa shape index (κ2) is 5.62. The van der Waals surface area contributed by atoms with Gasteiger partial charge < -0.3 is 9.47 Å². The van der Waals surface area contributed by atoms with Crippen LogP contribution in [0.1, 0.15) is 25.3 Å². The Balaban J connectivity index is 1.95. The number of epoxide rings is 1. The fourth-order valence-corrected chi connectivity index (χ4v) is 4.08. The van der Waals surface area contributed by atoms with Crippen LogP contribution in [0.3, 0.4) is 0 Å². The molecule has 3 nitrogen and oxygen atoms in total. The van der Waals surface area contributed by atoms with E-state index in [-0.39, 0.29) is 11.5 Å². The molecule has 1 unspecified atom stereocenters. The molecule has 0 radical (unpaired) electrons. The highest BCUT2D eigenvalue weighted by molar-refractivity contribution is 7.24. The molecule has 1 atom stereocenters. The van der Waals surface area contributed by atoms with E-state index in [0.717, 1.165) is 32.5 Å². The Labute approximate surface area is 138 Å². The Kier molecular flexibility index (Phi) is 3.58. The van der Waals surface area contributed by atoms with Gasteiger partial charge in [-0.3, -0.25) is 4.79 Å². The number of fused-ring (bicyclic) bond motifs is 2. The van der Waals surface area contributed by atoms with Crippen molar-refractivity contribution in [2.45, 2.75) is 25.9 Å². The summed E-state index contributed by atoms with van der Waals surface area (Å²) in [5.41, 5.74) is 1.26. The van der Waals surface area contributed by atoms with Gasteiger partial charge in [-0.25, -0.2) is 0 Å². The van der Waals surface area contributed by atoms with E-state index in [1.54, 1.807) is 11.3 Å². The summed E-state index contributed by atoms with van der Waals surface area (Å²) in [7, 11) is 0. The van der Waals surface area contributed by atoms with E-state index in [0.29, 0.717) is 12.5 Å². The van der Waals surface area contributed by atoms with Crippen molar-refractivity contribution in [1.29, 1.82) is 0 Å². The average molecular weight is 326 g/mol. The summed E-state index contributed by atoms with van der Waals surface area (Å²) >= 11 is 1.69. The van der Waals surface area contributed by atoms with Crippen molar-refractivity contribution in [2.24, 2.45) is 0 Å². The Morgan fingerprint density at radius 2 is 2.04 bits per heavy atom. The van der Waals surface area contributed by atoms with E-state index in [1.165, 1.54) is 5.56 Å². The maximum atomic E-state index is 12.9. The minimum absolute atomic E-state index is 0.0874. The smallest absolute Gasteiger partial charge is 0.196 e. The number of ether oxygens (including phenoxy) is 2. The molecule has 3 aromatic rings. The molecule has 1 aliphatic rings. The van der Waals surface area contributed by atoms with Crippen LogP contribution < -0.4 is 10.2 Å². The van der Waals surface area contributed by atoms with Gasteiger partial charge in [0.15, 0.2) is 5.43 Å². The zero-order valence-corrected chi connectivity index (χ0v) is 14.0. The van der Waals surface area contributed by atoms with Gasteiger partial charge in [-0.1, -0.05) is 26.0 Å². The molecule has 0 saturated carbocycles. The third-order valence-electron chi connectivity index (χ3n) is 4.14. The van der Waals surface area contributed by atoms with Crippen LogP contribution in [0.2, 0.25) is 0 Å². The zero-order valence-electron chi connectivity index (χ0n) is 13.2. The predicted octanol–water partition coefficient (Wildman–Crippen LogP) is 4.32. The van der Waals surface area contributed by atoms with E-state index in [2.05, 4.69) is 19.9 Å². The lowest BCUT2D eigenvalue weighted by Gasteiger charge is -2.13. The number of rotatable bonds is 4. The second-order valence-corrected chi connectivity index (χ2v) is 7.29. The third kappa shape index (κ3) is 2.73. The Morgan fingerprint density at radius 3 is 2.78 bits per heavy atom. The normalized spacial score (nSPS) is 17.1. The van der Waals surface area contributed by atoms with Crippen molar-refractivity contribution in [1.82, 2.24) is 0 Å². The summed E-state index contributed by atoms with van der Waals surface area (Å²) in [5, 5.41) is 1.54. The van der Waals surface area contributed by atoms with Gasteiger partial charge in [0, 0.05) is 20.2 Å². The SMILES string of the molecule is CC(C)c1cc(OCC2CO2)cc2c(=O)c3ccccc3sc12. The highest BCUT2D eigenvalue weighted by Gasteiger charge is 2.23. The first-order valence-corrected chi connectivity index (χ1v) is 8.69. The van der Waals surface area contributed by atoms with Crippen LogP contribution in [0.25, 0.3) is 20.2 Å². The summed E-state index contributed by atoms with van der Waals surface area (Å²) in [4.78, 5) is 12.9. The molecule has 1 aromatic heterocycles. The Morgan fingerprint density at radius 1 is 1.26 bits per heavy atom. The predicted molar refractivity (Wildman–Crippen MR) is 94.9 cm³/mol. The van der Waals surface area contributed by atoms with Crippen LogP contribution in [0.15, 0.2) is 41.2 Å². The molecule has 2 aromatic carbocycles. The summed E-state index contributed by atoms with van der Waals surface area (Å²) in [6.07, 6.45) is 0.208. The van der Waals surface area contributed by atoms with Crippen LogP contribution in [-0.2, 0) is 4.74 Å². The van der Waals surface area contributed by atoms with Gasteiger partial charge in [0.1, 0.15) is 18.5 Å². The van der Waals surface area contributed by atoms with Crippen LogP contribution in [-0.4, -0.2) is 19.3 Å². The van der Waals surface area contributed by atoms with Gasteiger partial charge >= 0.3 is 0 Å². The standard InChI is InChI=1S/C19H18O3S/c1-11(2)15-7-12(21-9-13-10-22-13)8-16-18(20)14-5-3-4-6-17(14)23-19(15)16/h3-8,11,13H,9-10H2,1-2H3. The molecule has 0 amide bonds. The lowest BCUT2D eigenvalue weighted by Crippen LogP contribution is -2.07. The topological polar surface area (TPSA) is 38.8 Å². The van der Waals surface area contributed by atoms with Crippen molar-refractivity contribution < 1.29 is 9.47 Å². The third-order valence-corrected chi connectivity index (χ3v) is 5.38. The number of hydrogen-bond acceptors (Lipinski definition) is 4. The number of hydrogen-bond donors (Lipinski definition) is 0. The number of benzene rings is 2. The maximum absolute atomic E-state index is 12.9. The van der Waals surface area contributed by atoms with Crippen molar-refractivity contribution in [3.05, 3.63) is 52.2 Å². The van der Waals surface area contributed by atoms with Gasteiger partial charge in [-0.2, -0.15) is 0 Å². The highest BCUT2D eigenvalue weighted by Crippen LogP contribution is 2.34. The molecule has 0 spiro atoms. The minimum atomic E-state index is 0.0874.